The lowest BCUT2D eigenvalue weighted by atomic mass is 10.0. The number of hydrogen-bond donors (Lipinski definition) is 1. The molecule has 0 aliphatic rings. The zero-order chi connectivity index (χ0) is 15.0. The molecule has 1 N–H and O–H groups in total. The van der Waals surface area contributed by atoms with Crippen LogP contribution in [0.5, 0.6) is 5.75 Å². The lowest BCUT2D eigenvalue weighted by Crippen LogP contribution is -2.00. The third kappa shape index (κ3) is 2.34. The van der Waals surface area contributed by atoms with Crippen molar-refractivity contribution in [1.29, 1.82) is 0 Å². The minimum atomic E-state index is -1.05. The number of carboxylic acids is 1. The van der Waals surface area contributed by atoms with Gasteiger partial charge in [0, 0.05) is 10.9 Å². The second-order valence-electron chi connectivity index (χ2n) is 4.49. The highest BCUT2D eigenvalue weighted by atomic mass is 35.5. The Morgan fingerprint density at radius 2 is 2.05 bits per heavy atom. The van der Waals surface area contributed by atoms with Crippen LogP contribution in [0, 0.1) is 0 Å². The summed E-state index contributed by atoms with van der Waals surface area (Å²) in [4.78, 5) is 11.4. The van der Waals surface area contributed by atoms with Gasteiger partial charge in [0.1, 0.15) is 11.5 Å². The van der Waals surface area contributed by atoms with Crippen molar-refractivity contribution in [2.24, 2.45) is 0 Å². The monoisotopic (exact) mass is 302 g/mol. The van der Waals surface area contributed by atoms with E-state index >= 15 is 0 Å². The molecule has 2 aromatic carbocycles. The number of ether oxygens (including phenoxy) is 1. The highest BCUT2D eigenvalue weighted by molar-refractivity contribution is 6.34. The first kappa shape index (κ1) is 13.5. The number of para-hydroxylation sites is 1. The Kier molecular flexibility index (Phi) is 3.31. The van der Waals surface area contributed by atoms with Gasteiger partial charge in [0.15, 0.2) is 5.58 Å². The Balaban J connectivity index is 2.22. The fourth-order valence-corrected chi connectivity index (χ4v) is 2.42. The van der Waals surface area contributed by atoms with Crippen LogP contribution < -0.4 is 4.74 Å². The zero-order valence-corrected chi connectivity index (χ0v) is 11.8. The van der Waals surface area contributed by atoms with Crippen molar-refractivity contribution in [2.75, 3.05) is 7.11 Å². The van der Waals surface area contributed by atoms with E-state index in [0.29, 0.717) is 27.7 Å². The smallest absolute Gasteiger partial charge is 0.336 e. The van der Waals surface area contributed by atoms with Crippen molar-refractivity contribution in [3.8, 4) is 17.1 Å². The normalized spacial score (nSPS) is 10.8. The van der Waals surface area contributed by atoms with Crippen molar-refractivity contribution in [3.63, 3.8) is 0 Å². The second kappa shape index (κ2) is 5.14. The minimum Gasteiger partial charge on any atom is -0.497 e. The molecule has 1 aromatic heterocycles. The summed E-state index contributed by atoms with van der Waals surface area (Å²) in [6.07, 6.45) is 0. The SMILES string of the molecule is COc1ccc(-c2cc3cccc(Cl)c3o2)c(C(=O)O)c1. The summed E-state index contributed by atoms with van der Waals surface area (Å²) >= 11 is 6.08. The summed E-state index contributed by atoms with van der Waals surface area (Å²) < 4.78 is 10.8. The van der Waals surface area contributed by atoms with Crippen LogP contribution in [0.15, 0.2) is 46.9 Å². The molecule has 0 bridgehead atoms. The molecule has 106 valence electrons. The molecule has 0 saturated carbocycles. The number of rotatable bonds is 3. The number of aromatic carboxylic acids is 1. The molecular formula is C16H11ClO4. The number of methoxy groups -OCH3 is 1. The number of carbonyl (C=O) groups is 1. The van der Waals surface area contributed by atoms with Crippen molar-refractivity contribution < 1.29 is 19.1 Å². The summed E-state index contributed by atoms with van der Waals surface area (Å²) in [5, 5.41) is 10.7. The molecule has 0 aliphatic heterocycles. The molecule has 3 aromatic rings. The maximum atomic E-state index is 11.4. The van der Waals surface area contributed by atoms with E-state index in [1.54, 1.807) is 24.3 Å². The maximum absolute atomic E-state index is 11.4. The summed E-state index contributed by atoms with van der Waals surface area (Å²) in [5.74, 6) is -0.112. The van der Waals surface area contributed by atoms with E-state index in [4.69, 9.17) is 20.8 Å². The molecule has 5 heteroatoms. The molecule has 0 amide bonds. The van der Waals surface area contributed by atoms with Crippen molar-refractivity contribution in [3.05, 3.63) is 53.1 Å². The molecule has 0 radical (unpaired) electrons. The second-order valence-corrected chi connectivity index (χ2v) is 4.89. The molecule has 0 saturated heterocycles. The third-order valence-corrected chi connectivity index (χ3v) is 3.52. The van der Waals surface area contributed by atoms with Gasteiger partial charge in [-0.1, -0.05) is 23.7 Å². The van der Waals surface area contributed by atoms with Gasteiger partial charge in [-0.2, -0.15) is 0 Å². The van der Waals surface area contributed by atoms with Crippen molar-refractivity contribution >= 4 is 28.5 Å². The predicted octanol–water partition coefficient (Wildman–Crippen LogP) is 4.46. The molecule has 0 fully saturated rings. The average Bonchev–Trinajstić information content (AvgIpc) is 2.92. The Morgan fingerprint density at radius 3 is 2.71 bits per heavy atom. The van der Waals surface area contributed by atoms with Crippen LogP contribution in [0.1, 0.15) is 10.4 Å². The van der Waals surface area contributed by atoms with E-state index in [1.165, 1.54) is 13.2 Å². The van der Waals surface area contributed by atoms with Gasteiger partial charge in [-0.25, -0.2) is 4.79 Å². The van der Waals surface area contributed by atoms with Crippen LogP contribution in [0.4, 0.5) is 0 Å². The summed E-state index contributed by atoms with van der Waals surface area (Å²) in [6, 6.07) is 12.0. The van der Waals surface area contributed by atoms with Crippen LogP contribution in [0.3, 0.4) is 0 Å². The van der Waals surface area contributed by atoms with Crippen LogP contribution in [0.2, 0.25) is 5.02 Å². The van der Waals surface area contributed by atoms with Gasteiger partial charge in [-0.15, -0.1) is 0 Å². The molecule has 0 aliphatic carbocycles. The fraction of sp³-hybridized carbons (Fsp3) is 0.0625. The quantitative estimate of drug-likeness (QED) is 0.776. The highest BCUT2D eigenvalue weighted by Gasteiger charge is 2.17. The summed E-state index contributed by atoms with van der Waals surface area (Å²) in [5.41, 5.74) is 1.14. The minimum absolute atomic E-state index is 0.115. The highest BCUT2D eigenvalue weighted by Crippen LogP contribution is 2.34. The standard InChI is InChI=1S/C16H11ClO4/c1-20-10-5-6-11(12(8-10)16(18)19)14-7-9-3-2-4-13(17)15(9)21-14/h2-8H,1H3,(H,18,19). The van der Waals surface area contributed by atoms with E-state index in [1.807, 2.05) is 12.1 Å². The first-order chi connectivity index (χ1) is 10.1. The molecule has 0 unspecified atom stereocenters. The molecule has 0 atom stereocenters. The lowest BCUT2D eigenvalue weighted by molar-refractivity contribution is 0.0697. The number of halogens is 1. The Labute approximate surface area is 125 Å². The van der Waals surface area contributed by atoms with Crippen LogP contribution in [0.25, 0.3) is 22.3 Å². The van der Waals surface area contributed by atoms with Gasteiger partial charge < -0.3 is 14.3 Å². The predicted molar refractivity (Wildman–Crippen MR) is 80.2 cm³/mol. The number of carboxylic acid groups (broad SMARTS) is 1. The fourth-order valence-electron chi connectivity index (χ4n) is 2.20. The summed E-state index contributed by atoms with van der Waals surface area (Å²) in [7, 11) is 1.49. The number of furan rings is 1. The molecule has 0 spiro atoms. The van der Waals surface area contributed by atoms with Crippen molar-refractivity contribution in [1.82, 2.24) is 0 Å². The van der Waals surface area contributed by atoms with Gasteiger partial charge in [0.25, 0.3) is 0 Å². The van der Waals surface area contributed by atoms with E-state index in [9.17, 15) is 9.90 Å². The van der Waals surface area contributed by atoms with E-state index in [-0.39, 0.29) is 5.56 Å². The van der Waals surface area contributed by atoms with Crippen LogP contribution in [-0.4, -0.2) is 18.2 Å². The molecule has 21 heavy (non-hydrogen) atoms. The van der Waals surface area contributed by atoms with Crippen LogP contribution >= 0.6 is 11.6 Å². The largest absolute Gasteiger partial charge is 0.497 e. The van der Waals surface area contributed by atoms with E-state index in [0.717, 1.165) is 5.39 Å². The van der Waals surface area contributed by atoms with Gasteiger partial charge in [0.2, 0.25) is 0 Å². The summed E-state index contributed by atoms with van der Waals surface area (Å²) in [6.45, 7) is 0. The number of fused-ring (bicyclic) bond motifs is 1. The third-order valence-electron chi connectivity index (χ3n) is 3.22. The average molecular weight is 303 g/mol. The molecule has 4 nitrogen and oxygen atoms in total. The number of hydrogen-bond acceptors (Lipinski definition) is 3. The van der Waals surface area contributed by atoms with Gasteiger partial charge in [-0.3, -0.25) is 0 Å². The Bertz CT molecular complexity index is 835. The zero-order valence-electron chi connectivity index (χ0n) is 11.1. The molecule has 1 heterocycles. The van der Waals surface area contributed by atoms with Crippen molar-refractivity contribution in [2.45, 2.75) is 0 Å². The molecular weight excluding hydrogens is 292 g/mol. The first-order valence-electron chi connectivity index (χ1n) is 6.20. The first-order valence-corrected chi connectivity index (χ1v) is 6.57. The maximum Gasteiger partial charge on any atom is 0.336 e. The lowest BCUT2D eigenvalue weighted by Gasteiger charge is -2.06. The van der Waals surface area contributed by atoms with Gasteiger partial charge >= 0.3 is 5.97 Å². The van der Waals surface area contributed by atoms with E-state index in [2.05, 4.69) is 0 Å². The van der Waals surface area contributed by atoms with Crippen LogP contribution in [-0.2, 0) is 0 Å². The van der Waals surface area contributed by atoms with Gasteiger partial charge in [0.05, 0.1) is 17.7 Å². The topological polar surface area (TPSA) is 59.7 Å². The Hall–Kier alpha value is -2.46. The number of benzene rings is 2. The Morgan fingerprint density at radius 1 is 1.24 bits per heavy atom. The van der Waals surface area contributed by atoms with E-state index < -0.39 is 5.97 Å². The van der Waals surface area contributed by atoms with Gasteiger partial charge in [-0.05, 0) is 30.3 Å². The molecule has 3 rings (SSSR count).